The van der Waals surface area contributed by atoms with Crippen LogP contribution >= 0.6 is 11.8 Å². The average Bonchev–Trinajstić information content (AvgIpc) is 2.69. The number of amidine groups is 2. The molecule has 3 nitrogen and oxygen atoms in total. The number of nitrogens with zero attached hydrogens (tertiary/aromatic N) is 1. The average molecular weight is 269 g/mol. The second-order valence-corrected chi connectivity index (χ2v) is 5.77. The summed E-state index contributed by atoms with van der Waals surface area (Å²) < 4.78 is 0. The molecule has 1 aliphatic heterocycles. The van der Waals surface area contributed by atoms with Crippen LogP contribution in [0, 0.1) is 5.41 Å². The van der Waals surface area contributed by atoms with Gasteiger partial charge in [-0.1, -0.05) is 13.0 Å². The number of hydrogen-bond acceptors (Lipinski definition) is 3. The van der Waals surface area contributed by atoms with Crippen LogP contribution in [0.5, 0.6) is 0 Å². The molecule has 2 aromatic rings. The molecule has 0 aromatic heterocycles. The molecule has 0 bridgehead atoms. The van der Waals surface area contributed by atoms with Crippen molar-refractivity contribution in [3.8, 4) is 0 Å². The molecule has 3 rings (SSSR count). The molecule has 0 radical (unpaired) electrons. The molecule has 96 valence electrons. The zero-order valence-electron chi connectivity index (χ0n) is 10.7. The highest BCUT2D eigenvalue weighted by atomic mass is 32.2. The quantitative estimate of drug-likeness (QED) is 0.839. The maximum absolute atomic E-state index is 7.83. The topological polar surface area (TPSA) is 62.2 Å². The molecule has 2 aromatic carbocycles. The fourth-order valence-electron chi connectivity index (χ4n) is 2.23. The van der Waals surface area contributed by atoms with E-state index in [1.807, 2.05) is 23.9 Å². The molecule has 0 spiro atoms. The SMILES string of the molecule is CCCSc1ccc2cc3c(cc2c1)C(=N)N=C3N. The van der Waals surface area contributed by atoms with Crippen LogP contribution in [0.1, 0.15) is 24.5 Å². The highest BCUT2D eigenvalue weighted by Gasteiger charge is 2.18. The van der Waals surface area contributed by atoms with Crippen molar-refractivity contribution < 1.29 is 0 Å². The fourth-order valence-corrected chi connectivity index (χ4v) is 3.05. The van der Waals surface area contributed by atoms with Crippen LogP contribution in [-0.4, -0.2) is 17.4 Å². The van der Waals surface area contributed by atoms with Gasteiger partial charge in [0.15, 0.2) is 5.84 Å². The van der Waals surface area contributed by atoms with Crippen LogP contribution in [0.2, 0.25) is 0 Å². The molecule has 0 atom stereocenters. The number of aliphatic imine (C=N–C) groups is 1. The van der Waals surface area contributed by atoms with E-state index in [1.54, 1.807) is 0 Å². The maximum atomic E-state index is 7.83. The molecule has 19 heavy (non-hydrogen) atoms. The number of thioether (sulfide) groups is 1. The minimum atomic E-state index is 0.265. The van der Waals surface area contributed by atoms with Crippen molar-refractivity contribution in [1.29, 1.82) is 5.41 Å². The van der Waals surface area contributed by atoms with Gasteiger partial charge >= 0.3 is 0 Å². The first-order chi connectivity index (χ1) is 9.19. The van der Waals surface area contributed by atoms with Crippen LogP contribution in [0.15, 0.2) is 40.2 Å². The molecule has 1 heterocycles. The molecule has 4 heteroatoms. The van der Waals surface area contributed by atoms with E-state index in [1.165, 1.54) is 11.3 Å². The van der Waals surface area contributed by atoms with E-state index in [0.717, 1.165) is 27.7 Å². The van der Waals surface area contributed by atoms with Crippen LogP contribution < -0.4 is 5.73 Å². The van der Waals surface area contributed by atoms with Gasteiger partial charge in [0.1, 0.15) is 5.84 Å². The van der Waals surface area contributed by atoms with Crippen LogP contribution in [-0.2, 0) is 0 Å². The number of benzene rings is 2. The highest BCUT2D eigenvalue weighted by molar-refractivity contribution is 7.99. The van der Waals surface area contributed by atoms with Crippen molar-refractivity contribution in [2.24, 2.45) is 10.7 Å². The largest absolute Gasteiger partial charge is 0.383 e. The third kappa shape index (κ3) is 2.12. The van der Waals surface area contributed by atoms with Gasteiger partial charge in [0.2, 0.25) is 0 Å². The van der Waals surface area contributed by atoms with Gasteiger partial charge in [0, 0.05) is 16.0 Å². The second kappa shape index (κ2) is 4.70. The number of nitrogens with two attached hydrogens (primary N) is 1. The lowest BCUT2D eigenvalue weighted by Crippen LogP contribution is -2.10. The second-order valence-electron chi connectivity index (χ2n) is 4.60. The standard InChI is InChI=1S/C15H15N3S/c1-2-5-19-11-4-3-9-7-12-13(8-10(9)6-11)15(17)18-14(12)16/h3-4,6-8H,2,5H2,1H3,(H3,16,17,18). The number of fused-ring (bicyclic) bond motifs is 2. The minimum absolute atomic E-state index is 0.265. The summed E-state index contributed by atoms with van der Waals surface area (Å²) >= 11 is 1.86. The van der Waals surface area contributed by atoms with Crippen LogP contribution in [0.25, 0.3) is 10.8 Å². The van der Waals surface area contributed by atoms with Crippen molar-refractivity contribution in [3.63, 3.8) is 0 Å². The Morgan fingerprint density at radius 2 is 1.95 bits per heavy atom. The van der Waals surface area contributed by atoms with Crippen molar-refractivity contribution >= 4 is 34.2 Å². The summed E-state index contributed by atoms with van der Waals surface area (Å²) in [5.74, 6) is 1.84. The van der Waals surface area contributed by atoms with Gasteiger partial charge in [-0.05, 0) is 47.2 Å². The summed E-state index contributed by atoms with van der Waals surface area (Å²) in [4.78, 5) is 5.30. The lowest BCUT2D eigenvalue weighted by atomic mass is 10.0. The molecule has 0 saturated carbocycles. The molecular formula is C15H15N3S. The van der Waals surface area contributed by atoms with E-state index in [0.29, 0.717) is 5.84 Å². The zero-order valence-corrected chi connectivity index (χ0v) is 11.6. The Morgan fingerprint density at radius 3 is 2.74 bits per heavy atom. The first-order valence-corrected chi connectivity index (χ1v) is 7.31. The summed E-state index contributed by atoms with van der Waals surface area (Å²) in [5, 5.41) is 10.1. The van der Waals surface area contributed by atoms with E-state index in [-0.39, 0.29) is 5.84 Å². The molecule has 0 saturated heterocycles. The fraction of sp³-hybridized carbons (Fsp3) is 0.200. The van der Waals surface area contributed by atoms with E-state index >= 15 is 0 Å². The molecular weight excluding hydrogens is 254 g/mol. The van der Waals surface area contributed by atoms with E-state index in [2.05, 4.69) is 30.1 Å². The zero-order chi connectivity index (χ0) is 13.4. The van der Waals surface area contributed by atoms with E-state index < -0.39 is 0 Å². The predicted octanol–water partition coefficient (Wildman–Crippen LogP) is 3.39. The minimum Gasteiger partial charge on any atom is -0.383 e. The smallest absolute Gasteiger partial charge is 0.154 e. The normalized spacial score (nSPS) is 13.7. The monoisotopic (exact) mass is 269 g/mol. The van der Waals surface area contributed by atoms with E-state index in [4.69, 9.17) is 11.1 Å². The van der Waals surface area contributed by atoms with Crippen molar-refractivity contribution in [1.82, 2.24) is 0 Å². The molecule has 0 fully saturated rings. The van der Waals surface area contributed by atoms with Gasteiger partial charge in [-0.3, -0.25) is 5.41 Å². The summed E-state index contributed by atoms with van der Waals surface area (Å²) in [6.07, 6.45) is 1.17. The Hall–Kier alpha value is -1.81. The van der Waals surface area contributed by atoms with Crippen molar-refractivity contribution in [3.05, 3.63) is 41.5 Å². The Labute approximate surface area is 116 Å². The Balaban J connectivity index is 2.09. The number of hydrogen-bond donors (Lipinski definition) is 2. The third-order valence-corrected chi connectivity index (χ3v) is 4.38. The van der Waals surface area contributed by atoms with Gasteiger partial charge in [-0.2, -0.15) is 0 Å². The molecule has 0 amide bonds. The molecule has 1 aliphatic rings. The summed E-state index contributed by atoms with van der Waals surface area (Å²) in [7, 11) is 0. The Morgan fingerprint density at radius 1 is 1.16 bits per heavy atom. The summed E-state index contributed by atoms with van der Waals surface area (Å²) in [6, 6.07) is 10.5. The van der Waals surface area contributed by atoms with Crippen molar-refractivity contribution in [2.75, 3.05) is 5.75 Å². The maximum Gasteiger partial charge on any atom is 0.154 e. The Kier molecular flexibility index (Phi) is 3.03. The first kappa shape index (κ1) is 12.2. The van der Waals surface area contributed by atoms with Crippen molar-refractivity contribution in [2.45, 2.75) is 18.2 Å². The van der Waals surface area contributed by atoms with Gasteiger partial charge in [0.05, 0.1) is 0 Å². The van der Waals surface area contributed by atoms with Gasteiger partial charge in [0.25, 0.3) is 0 Å². The Bertz CT molecular complexity index is 704. The molecule has 0 aliphatic carbocycles. The highest BCUT2D eigenvalue weighted by Crippen LogP contribution is 2.28. The lowest BCUT2D eigenvalue weighted by molar-refractivity contribution is 1.10. The number of rotatable bonds is 3. The van der Waals surface area contributed by atoms with Gasteiger partial charge in [-0.15, -0.1) is 11.8 Å². The third-order valence-electron chi connectivity index (χ3n) is 3.18. The number of nitrogens with one attached hydrogen (secondary N) is 1. The first-order valence-electron chi connectivity index (χ1n) is 6.33. The van der Waals surface area contributed by atoms with Crippen LogP contribution in [0.3, 0.4) is 0 Å². The van der Waals surface area contributed by atoms with Gasteiger partial charge < -0.3 is 5.73 Å². The lowest BCUT2D eigenvalue weighted by Gasteiger charge is -2.06. The van der Waals surface area contributed by atoms with Crippen LogP contribution in [0.4, 0.5) is 0 Å². The summed E-state index contributed by atoms with van der Waals surface area (Å²) in [6.45, 7) is 2.18. The van der Waals surface area contributed by atoms with Gasteiger partial charge in [-0.25, -0.2) is 4.99 Å². The molecule has 3 N–H and O–H groups in total. The predicted molar refractivity (Wildman–Crippen MR) is 82.5 cm³/mol. The van der Waals surface area contributed by atoms with E-state index in [9.17, 15) is 0 Å². The molecule has 0 unspecified atom stereocenters. The summed E-state index contributed by atoms with van der Waals surface area (Å²) in [5.41, 5.74) is 7.55.